The van der Waals surface area contributed by atoms with Crippen molar-refractivity contribution in [2.24, 2.45) is 0 Å². The number of oxazole rings is 1. The van der Waals surface area contributed by atoms with Gasteiger partial charge in [-0.1, -0.05) is 17.7 Å². The summed E-state index contributed by atoms with van der Waals surface area (Å²) < 4.78 is 5.65. The molecule has 0 radical (unpaired) electrons. The van der Waals surface area contributed by atoms with Gasteiger partial charge in [0, 0.05) is 13.1 Å². The van der Waals surface area contributed by atoms with E-state index in [1.54, 1.807) is 11.3 Å². The van der Waals surface area contributed by atoms with E-state index < -0.39 is 0 Å². The number of aromatic nitrogens is 1. The first-order valence-electron chi connectivity index (χ1n) is 7.38. The van der Waals surface area contributed by atoms with Gasteiger partial charge in [0.15, 0.2) is 0 Å². The molecule has 0 spiro atoms. The highest BCUT2D eigenvalue weighted by molar-refractivity contribution is 7.13. The summed E-state index contributed by atoms with van der Waals surface area (Å²) in [6.07, 6.45) is 3.39. The van der Waals surface area contributed by atoms with Crippen LogP contribution in [0.15, 0.2) is 33.6 Å². The minimum absolute atomic E-state index is 0.0198. The number of nitrogens with zero attached hydrogens (tertiary/aromatic N) is 1. The number of carbonyl (C=O) groups is 1. The molecule has 0 aliphatic carbocycles. The van der Waals surface area contributed by atoms with Gasteiger partial charge in [0.1, 0.15) is 5.76 Å². The van der Waals surface area contributed by atoms with Gasteiger partial charge in [-0.3, -0.25) is 4.79 Å². The van der Waals surface area contributed by atoms with E-state index in [1.165, 1.54) is 5.57 Å². The van der Waals surface area contributed by atoms with Gasteiger partial charge < -0.3 is 15.1 Å². The summed E-state index contributed by atoms with van der Waals surface area (Å²) in [5, 5.41) is 8.19. The number of carbonyl (C=O) groups excluding carboxylic acids is 1. The Morgan fingerprint density at radius 1 is 1.55 bits per heavy atom. The predicted molar refractivity (Wildman–Crippen MR) is 86.8 cm³/mol. The molecular formula is C16H19N3O2S. The van der Waals surface area contributed by atoms with Gasteiger partial charge in [0.05, 0.1) is 17.0 Å². The van der Waals surface area contributed by atoms with E-state index in [4.69, 9.17) is 4.42 Å². The van der Waals surface area contributed by atoms with Gasteiger partial charge in [-0.15, -0.1) is 11.3 Å². The largest absolute Gasteiger partial charge is 0.440 e. The van der Waals surface area contributed by atoms with Crippen LogP contribution in [0.5, 0.6) is 0 Å². The second kappa shape index (κ2) is 6.89. The number of hydrogen-bond donors (Lipinski definition) is 2. The van der Waals surface area contributed by atoms with Crippen molar-refractivity contribution < 1.29 is 9.21 Å². The summed E-state index contributed by atoms with van der Waals surface area (Å²) in [5.41, 5.74) is 1.99. The number of thiophene rings is 1. The van der Waals surface area contributed by atoms with Crippen molar-refractivity contribution in [2.45, 2.75) is 19.8 Å². The Bertz CT molecular complexity index is 674. The van der Waals surface area contributed by atoms with E-state index in [-0.39, 0.29) is 12.3 Å². The van der Waals surface area contributed by atoms with Crippen molar-refractivity contribution in [1.29, 1.82) is 0 Å². The number of nitrogens with one attached hydrogen (secondary N) is 2. The molecule has 0 unspecified atom stereocenters. The van der Waals surface area contributed by atoms with Crippen LogP contribution in [0.2, 0.25) is 0 Å². The molecule has 116 valence electrons. The summed E-state index contributed by atoms with van der Waals surface area (Å²) in [4.78, 5) is 17.5. The van der Waals surface area contributed by atoms with Crippen LogP contribution in [0.25, 0.3) is 10.8 Å². The van der Waals surface area contributed by atoms with E-state index in [0.717, 1.165) is 24.4 Å². The van der Waals surface area contributed by atoms with Crippen LogP contribution in [-0.4, -0.2) is 30.5 Å². The molecule has 5 nitrogen and oxygen atoms in total. The Morgan fingerprint density at radius 3 is 3.18 bits per heavy atom. The molecule has 1 aliphatic rings. The fourth-order valence-electron chi connectivity index (χ4n) is 2.35. The molecule has 0 atom stereocenters. The van der Waals surface area contributed by atoms with Crippen LogP contribution in [0.3, 0.4) is 0 Å². The van der Waals surface area contributed by atoms with Crippen LogP contribution < -0.4 is 10.6 Å². The molecule has 0 bridgehead atoms. The van der Waals surface area contributed by atoms with Crippen LogP contribution in [0.4, 0.5) is 0 Å². The van der Waals surface area contributed by atoms with E-state index >= 15 is 0 Å². The van der Waals surface area contributed by atoms with Gasteiger partial charge >= 0.3 is 0 Å². The first kappa shape index (κ1) is 15.0. The van der Waals surface area contributed by atoms with Crippen molar-refractivity contribution >= 4 is 17.2 Å². The fraction of sp³-hybridized carbons (Fsp3) is 0.375. The highest BCUT2D eigenvalue weighted by Crippen LogP contribution is 2.26. The summed E-state index contributed by atoms with van der Waals surface area (Å²) in [6.45, 7) is 4.34. The maximum Gasteiger partial charge on any atom is 0.236 e. The zero-order valence-electron chi connectivity index (χ0n) is 12.5. The van der Waals surface area contributed by atoms with E-state index in [1.807, 2.05) is 24.4 Å². The summed E-state index contributed by atoms with van der Waals surface area (Å²) in [7, 11) is 0. The second-order valence-corrected chi connectivity index (χ2v) is 6.22. The zero-order valence-corrected chi connectivity index (χ0v) is 13.3. The van der Waals surface area contributed by atoms with Crippen molar-refractivity contribution in [3.63, 3.8) is 0 Å². The van der Waals surface area contributed by atoms with Gasteiger partial charge in [-0.2, -0.15) is 0 Å². The predicted octanol–water partition coefficient (Wildman–Crippen LogP) is 2.29. The molecule has 0 fully saturated rings. The van der Waals surface area contributed by atoms with Gasteiger partial charge in [-0.05, 0) is 31.3 Å². The fourth-order valence-corrected chi connectivity index (χ4v) is 3.00. The number of hydrogen-bond acceptors (Lipinski definition) is 5. The topological polar surface area (TPSA) is 67.2 Å². The highest BCUT2D eigenvalue weighted by Gasteiger charge is 2.15. The lowest BCUT2D eigenvalue weighted by molar-refractivity contribution is -0.120. The number of aryl methyl sites for hydroxylation is 1. The van der Waals surface area contributed by atoms with Crippen LogP contribution in [-0.2, 0) is 11.2 Å². The lowest BCUT2D eigenvalue weighted by atomic mass is 10.1. The van der Waals surface area contributed by atoms with Gasteiger partial charge in [0.2, 0.25) is 11.8 Å². The highest BCUT2D eigenvalue weighted by atomic mass is 32.1. The molecule has 2 aromatic heterocycles. The SMILES string of the molecule is Cc1oc(-c2cccs2)nc1CC(=O)NCC1=CCNCC1. The molecule has 2 aromatic rings. The first-order valence-corrected chi connectivity index (χ1v) is 8.26. The quantitative estimate of drug-likeness (QED) is 0.830. The molecule has 0 saturated carbocycles. The lowest BCUT2D eigenvalue weighted by Gasteiger charge is -2.14. The Labute approximate surface area is 133 Å². The smallest absolute Gasteiger partial charge is 0.236 e. The Balaban J connectivity index is 1.58. The normalized spacial score (nSPS) is 14.7. The Kier molecular flexibility index (Phi) is 4.70. The van der Waals surface area contributed by atoms with Crippen molar-refractivity contribution in [3.05, 3.63) is 40.6 Å². The molecule has 6 heteroatoms. The van der Waals surface area contributed by atoms with Crippen molar-refractivity contribution in [3.8, 4) is 10.8 Å². The first-order chi connectivity index (χ1) is 10.7. The van der Waals surface area contributed by atoms with Crippen molar-refractivity contribution in [1.82, 2.24) is 15.6 Å². The molecule has 0 saturated heterocycles. The molecule has 2 N–H and O–H groups in total. The van der Waals surface area contributed by atoms with Crippen LogP contribution in [0, 0.1) is 6.92 Å². The molecule has 1 aliphatic heterocycles. The Hall–Kier alpha value is -1.92. The number of amides is 1. The third kappa shape index (κ3) is 3.64. The molecule has 22 heavy (non-hydrogen) atoms. The average Bonchev–Trinajstić information content (AvgIpc) is 3.17. The second-order valence-electron chi connectivity index (χ2n) is 5.27. The van der Waals surface area contributed by atoms with Gasteiger partial charge in [0.25, 0.3) is 0 Å². The monoisotopic (exact) mass is 317 g/mol. The summed E-state index contributed by atoms with van der Waals surface area (Å²) >= 11 is 1.58. The molecule has 1 amide bonds. The summed E-state index contributed by atoms with van der Waals surface area (Å²) in [5.74, 6) is 1.28. The minimum Gasteiger partial charge on any atom is -0.440 e. The average molecular weight is 317 g/mol. The third-order valence-corrected chi connectivity index (χ3v) is 4.48. The maximum absolute atomic E-state index is 12.1. The van der Waals surface area contributed by atoms with E-state index in [0.29, 0.717) is 23.9 Å². The van der Waals surface area contributed by atoms with E-state index in [9.17, 15) is 4.79 Å². The molecule has 3 rings (SSSR count). The van der Waals surface area contributed by atoms with Crippen LogP contribution in [0.1, 0.15) is 17.9 Å². The Morgan fingerprint density at radius 2 is 2.45 bits per heavy atom. The minimum atomic E-state index is -0.0198. The molecule has 0 aromatic carbocycles. The zero-order chi connectivity index (χ0) is 15.4. The molecular weight excluding hydrogens is 298 g/mol. The molecule has 3 heterocycles. The van der Waals surface area contributed by atoms with Crippen LogP contribution >= 0.6 is 11.3 Å². The van der Waals surface area contributed by atoms with Gasteiger partial charge in [-0.25, -0.2) is 4.98 Å². The maximum atomic E-state index is 12.1. The van der Waals surface area contributed by atoms with Crippen molar-refractivity contribution in [2.75, 3.05) is 19.6 Å². The van der Waals surface area contributed by atoms with E-state index in [2.05, 4.69) is 21.7 Å². The lowest BCUT2D eigenvalue weighted by Crippen LogP contribution is -2.30. The number of rotatable bonds is 5. The standard InChI is InChI=1S/C16H19N3O2S/c1-11-13(19-16(21-11)14-3-2-8-22-14)9-15(20)18-10-12-4-6-17-7-5-12/h2-4,8,17H,5-7,9-10H2,1H3,(H,18,20). The summed E-state index contributed by atoms with van der Waals surface area (Å²) in [6, 6.07) is 3.92. The third-order valence-electron chi connectivity index (χ3n) is 3.62.